The molecule has 1 aromatic rings. The number of hydrogen-bond acceptors (Lipinski definition) is 2. The number of piperidine rings is 1. The molecule has 0 spiro atoms. The maximum Gasteiger partial charge on any atom is 0.243 e. The lowest BCUT2D eigenvalue weighted by Crippen LogP contribution is -2.44. The minimum Gasteiger partial charge on any atom is -0.207 e. The van der Waals surface area contributed by atoms with E-state index in [4.69, 9.17) is 0 Å². The lowest BCUT2D eigenvalue weighted by atomic mass is 10.1. The van der Waals surface area contributed by atoms with E-state index in [1.54, 1.807) is 4.31 Å². The van der Waals surface area contributed by atoms with Crippen molar-refractivity contribution < 1.29 is 8.42 Å². The summed E-state index contributed by atoms with van der Waals surface area (Å²) in [6.07, 6.45) is 3.08. The molecule has 1 unspecified atom stereocenters. The molecule has 1 atom stereocenters. The topological polar surface area (TPSA) is 37.4 Å². The van der Waals surface area contributed by atoms with Gasteiger partial charge in [0.05, 0.1) is 4.90 Å². The van der Waals surface area contributed by atoms with Gasteiger partial charge in [0.2, 0.25) is 10.0 Å². The van der Waals surface area contributed by atoms with Crippen molar-refractivity contribution in [2.75, 3.05) is 11.0 Å². The zero-order valence-corrected chi connectivity index (χ0v) is 15.3. The van der Waals surface area contributed by atoms with Crippen molar-refractivity contribution in [3.05, 3.63) is 28.8 Å². The Hall–Kier alpha value is -0.140. The van der Waals surface area contributed by atoms with Gasteiger partial charge in [0.1, 0.15) is 0 Å². The second-order valence-electron chi connectivity index (χ2n) is 5.65. The van der Waals surface area contributed by atoms with Gasteiger partial charge in [-0.1, -0.05) is 46.7 Å². The van der Waals surface area contributed by atoms with Gasteiger partial charge in [0.25, 0.3) is 0 Å². The average Bonchev–Trinajstić information content (AvgIpc) is 2.37. The van der Waals surface area contributed by atoms with Crippen molar-refractivity contribution in [2.45, 2.75) is 51.0 Å². The number of alkyl halides is 1. The van der Waals surface area contributed by atoms with Gasteiger partial charge in [-0.3, -0.25) is 0 Å². The summed E-state index contributed by atoms with van der Waals surface area (Å²) in [6, 6.07) is 4.07. The summed E-state index contributed by atoms with van der Waals surface area (Å²) >= 11 is 2.30. The van der Waals surface area contributed by atoms with E-state index in [1.165, 1.54) is 0 Å². The zero-order valence-electron chi connectivity index (χ0n) is 12.3. The van der Waals surface area contributed by atoms with Crippen LogP contribution in [0.4, 0.5) is 0 Å². The van der Waals surface area contributed by atoms with Crippen molar-refractivity contribution >= 4 is 32.6 Å². The van der Waals surface area contributed by atoms with E-state index in [0.717, 1.165) is 40.4 Å². The van der Waals surface area contributed by atoms with E-state index in [9.17, 15) is 8.42 Å². The molecule has 0 amide bonds. The maximum atomic E-state index is 13.0. The third kappa shape index (κ3) is 3.04. The first-order valence-electron chi connectivity index (χ1n) is 7.03. The molecule has 0 aromatic heterocycles. The molecule has 3 nitrogen and oxygen atoms in total. The van der Waals surface area contributed by atoms with Gasteiger partial charge in [-0.2, -0.15) is 4.31 Å². The summed E-state index contributed by atoms with van der Waals surface area (Å²) in [4.78, 5) is 0.514. The fourth-order valence-electron chi connectivity index (χ4n) is 3.14. The lowest BCUT2D eigenvalue weighted by molar-refractivity contribution is 0.275. The molecule has 0 bridgehead atoms. The molecule has 112 valence electrons. The zero-order chi connectivity index (χ0) is 14.9. The largest absolute Gasteiger partial charge is 0.243 e. The Morgan fingerprint density at radius 3 is 2.35 bits per heavy atom. The van der Waals surface area contributed by atoms with E-state index < -0.39 is 10.0 Å². The number of aryl methyl sites for hydroxylation is 3. The molecule has 0 N–H and O–H groups in total. The standard InChI is InChI=1S/C15H22INO2S/c1-11-8-12(2)15(13(3)9-11)20(18,19)17-7-5-4-6-14(17)10-16/h8-9,14H,4-7,10H2,1-3H3. The highest BCUT2D eigenvalue weighted by atomic mass is 127. The van der Waals surface area contributed by atoms with E-state index >= 15 is 0 Å². The van der Waals surface area contributed by atoms with Gasteiger partial charge >= 0.3 is 0 Å². The summed E-state index contributed by atoms with van der Waals surface area (Å²) in [5.41, 5.74) is 2.84. The van der Waals surface area contributed by atoms with Crippen LogP contribution in [0.15, 0.2) is 17.0 Å². The van der Waals surface area contributed by atoms with Crippen LogP contribution in [-0.2, 0) is 10.0 Å². The van der Waals surface area contributed by atoms with Crippen LogP contribution in [0.1, 0.15) is 36.0 Å². The molecule has 1 saturated heterocycles. The number of rotatable bonds is 3. The van der Waals surface area contributed by atoms with Crippen LogP contribution in [-0.4, -0.2) is 29.7 Å². The SMILES string of the molecule is Cc1cc(C)c(S(=O)(=O)N2CCCCC2CI)c(C)c1. The highest BCUT2D eigenvalue weighted by Crippen LogP contribution is 2.30. The third-order valence-electron chi connectivity index (χ3n) is 3.92. The number of sulfonamides is 1. The Morgan fingerprint density at radius 1 is 1.20 bits per heavy atom. The first-order chi connectivity index (χ1) is 9.37. The van der Waals surface area contributed by atoms with Gasteiger partial charge in [-0.15, -0.1) is 0 Å². The van der Waals surface area contributed by atoms with Crippen LogP contribution in [0, 0.1) is 20.8 Å². The Kier molecular flexibility index (Phi) is 5.13. The smallest absolute Gasteiger partial charge is 0.207 e. The molecule has 1 aliphatic rings. The molecule has 0 radical (unpaired) electrons. The molecule has 1 heterocycles. The molecule has 1 aliphatic heterocycles. The van der Waals surface area contributed by atoms with Crippen molar-refractivity contribution in [1.82, 2.24) is 4.31 Å². The van der Waals surface area contributed by atoms with Crippen molar-refractivity contribution in [2.24, 2.45) is 0 Å². The van der Waals surface area contributed by atoms with Gasteiger partial charge in [0.15, 0.2) is 0 Å². The van der Waals surface area contributed by atoms with Crippen LogP contribution in [0.2, 0.25) is 0 Å². The highest BCUT2D eigenvalue weighted by Gasteiger charge is 2.34. The Balaban J connectivity index is 2.49. The second kappa shape index (κ2) is 6.32. The van der Waals surface area contributed by atoms with E-state index in [2.05, 4.69) is 22.6 Å². The van der Waals surface area contributed by atoms with Crippen molar-refractivity contribution in [1.29, 1.82) is 0 Å². The summed E-state index contributed by atoms with van der Waals surface area (Å²) in [5.74, 6) is 0. The maximum absolute atomic E-state index is 13.0. The molecule has 1 fully saturated rings. The number of benzene rings is 1. The molecular weight excluding hydrogens is 385 g/mol. The van der Waals surface area contributed by atoms with Gasteiger partial charge in [0, 0.05) is 17.0 Å². The van der Waals surface area contributed by atoms with E-state index in [-0.39, 0.29) is 6.04 Å². The molecule has 1 aromatic carbocycles. The summed E-state index contributed by atoms with van der Waals surface area (Å²) < 4.78 is 28.7. The third-order valence-corrected chi connectivity index (χ3v) is 7.20. The Morgan fingerprint density at radius 2 is 1.80 bits per heavy atom. The minimum absolute atomic E-state index is 0.148. The number of hydrogen-bond donors (Lipinski definition) is 0. The van der Waals surface area contributed by atoms with Gasteiger partial charge < -0.3 is 0 Å². The molecular formula is C15H22INO2S. The normalized spacial score (nSPS) is 21.1. The number of nitrogens with zero attached hydrogens (tertiary/aromatic N) is 1. The molecule has 0 aliphatic carbocycles. The molecule has 0 saturated carbocycles. The molecule has 2 rings (SSSR count). The van der Waals surface area contributed by atoms with Crippen LogP contribution >= 0.6 is 22.6 Å². The van der Waals surface area contributed by atoms with E-state index in [0.29, 0.717) is 11.4 Å². The fourth-order valence-corrected chi connectivity index (χ4v) is 6.43. The first kappa shape index (κ1) is 16.2. The molecule has 5 heteroatoms. The minimum atomic E-state index is -3.37. The van der Waals surface area contributed by atoms with Crippen molar-refractivity contribution in [3.63, 3.8) is 0 Å². The van der Waals surface area contributed by atoms with Gasteiger partial charge in [-0.25, -0.2) is 8.42 Å². The lowest BCUT2D eigenvalue weighted by Gasteiger charge is -2.34. The second-order valence-corrected chi connectivity index (χ2v) is 8.36. The van der Waals surface area contributed by atoms with Crippen molar-refractivity contribution in [3.8, 4) is 0 Å². The monoisotopic (exact) mass is 407 g/mol. The fraction of sp³-hybridized carbons (Fsp3) is 0.600. The van der Waals surface area contributed by atoms with E-state index in [1.807, 2.05) is 32.9 Å². The summed E-state index contributed by atoms with van der Waals surface area (Å²) in [5, 5.41) is 0. The van der Waals surface area contributed by atoms with Gasteiger partial charge in [-0.05, 0) is 44.7 Å². The quantitative estimate of drug-likeness (QED) is 0.567. The predicted molar refractivity (Wildman–Crippen MR) is 91.1 cm³/mol. The summed E-state index contributed by atoms with van der Waals surface area (Å²) in [7, 11) is -3.37. The summed E-state index contributed by atoms with van der Waals surface area (Å²) in [6.45, 7) is 6.46. The number of halogens is 1. The van der Waals surface area contributed by atoms with Crippen LogP contribution in [0.25, 0.3) is 0 Å². The Labute approximate surface area is 135 Å². The molecule has 20 heavy (non-hydrogen) atoms. The van der Waals surface area contributed by atoms with Crippen LogP contribution in [0.3, 0.4) is 0 Å². The highest BCUT2D eigenvalue weighted by molar-refractivity contribution is 14.1. The Bertz CT molecular complexity index is 575. The van der Waals surface area contributed by atoms with Crippen LogP contribution < -0.4 is 0 Å². The average molecular weight is 407 g/mol. The first-order valence-corrected chi connectivity index (χ1v) is 10.00. The van der Waals surface area contributed by atoms with Crippen LogP contribution in [0.5, 0.6) is 0 Å². The predicted octanol–water partition coefficient (Wildman–Crippen LogP) is 3.59.